The molecule has 0 heterocycles. The first-order chi connectivity index (χ1) is 3.66. The van der Waals surface area contributed by atoms with Crippen LogP contribution >= 0.6 is 0 Å². The van der Waals surface area contributed by atoms with Gasteiger partial charge in [-0.05, 0) is 0 Å². The van der Waals surface area contributed by atoms with Crippen molar-refractivity contribution in [2.75, 3.05) is 7.11 Å². The zero-order valence-electron chi connectivity index (χ0n) is 4.08. The monoisotopic (exact) mass is 120 g/mol. The second kappa shape index (κ2) is 2.84. The molecule has 0 radical (unpaired) electrons. The Morgan fingerprint density at radius 1 is 1.50 bits per heavy atom. The van der Waals surface area contributed by atoms with E-state index >= 15 is 0 Å². The molecule has 0 atom stereocenters. The summed E-state index contributed by atoms with van der Waals surface area (Å²) in [5.74, 6) is 0. The van der Waals surface area contributed by atoms with Crippen LogP contribution in [0.15, 0.2) is 0 Å². The number of carbonyl (C=O) groups excluding carboxylic acids is 1. The Morgan fingerprint density at radius 3 is 2.12 bits per heavy atom. The van der Waals surface area contributed by atoms with Crippen LogP contribution in [0, 0.1) is 0 Å². The van der Waals surface area contributed by atoms with Crippen LogP contribution in [0.2, 0.25) is 0 Å². The van der Waals surface area contributed by atoms with E-state index in [0.29, 0.717) is 0 Å². The van der Waals surface area contributed by atoms with E-state index in [0.717, 1.165) is 7.11 Å². The molecular formula is C3H4O5. The zero-order valence-corrected chi connectivity index (χ0v) is 4.08. The maximum Gasteiger partial charge on any atom is 0.518 e. The van der Waals surface area contributed by atoms with Gasteiger partial charge in [0, 0.05) is 0 Å². The molecule has 0 saturated carbocycles. The van der Waals surface area contributed by atoms with Gasteiger partial charge in [0.25, 0.3) is 0 Å². The number of carbonyl (C=O) groups is 2. The Bertz CT molecular complexity index is 106. The second-order valence-corrected chi connectivity index (χ2v) is 0.822. The minimum Gasteiger partial charge on any atom is -0.449 e. The second-order valence-electron chi connectivity index (χ2n) is 0.822. The van der Waals surface area contributed by atoms with Gasteiger partial charge in [0.05, 0.1) is 7.11 Å². The van der Waals surface area contributed by atoms with E-state index in [4.69, 9.17) is 5.11 Å². The van der Waals surface area contributed by atoms with Crippen LogP contribution in [0.3, 0.4) is 0 Å². The molecular weight excluding hydrogens is 116 g/mol. The van der Waals surface area contributed by atoms with Gasteiger partial charge >= 0.3 is 12.3 Å². The highest BCUT2D eigenvalue weighted by Gasteiger charge is 2.05. The van der Waals surface area contributed by atoms with Gasteiger partial charge in [-0.15, -0.1) is 0 Å². The highest BCUT2D eigenvalue weighted by Crippen LogP contribution is 1.80. The van der Waals surface area contributed by atoms with Crippen molar-refractivity contribution in [2.45, 2.75) is 0 Å². The van der Waals surface area contributed by atoms with Crippen LogP contribution in [0.1, 0.15) is 0 Å². The third-order valence-corrected chi connectivity index (χ3v) is 0.337. The molecule has 0 rings (SSSR count). The number of hydrogen-bond donors (Lipinski definition) is 1. The van der Waals surface area contributed by atoms with E-state index in [-0.39, 0.29) is 0 Å². The largest absolute Gasteiger partial charge is 0.518 e. The summed E-state index contributed by atoms with van der Waals surface area (Å²) < 4.78 is 7.27. The summed E-state index contributed by atoms with van der Waals surface area (Å²) in [5.41, 5.74) is 0. The Labute approximate surface area is 44.8 Å². The number of hydrogen-bond acceptors (Lipinski definition) is 4. The van der Waals surface area contributed by atoms with Crippen molar-refractivity contribution in [1.82, 2.24) is 0 Å². The highest BCUT2D eigenvalue weighted by molar-refractivity contribution is 5.75. The van der Waals surface area contributed by atoms with Gasteiger partial charge in [-0.2, -0.15) is 0 Å². The summed E-state index contributed by atoms with van der Waals surface area (Å²) in [6.45, 7) is 0. The van der Waals surface area contributed by atoms with Crippen molar-refractivity contribution in [1.29, 1.82) is 0 Å². The minimum absolute atomic E-state index is 1.02. The van der Waals surface area contributed by atoms with E-state index in [1.54, 1.807) is 0 Å². The fourth-order valence-corrected chi connectivity index (χ4v) is 0.113. The molecule has 0 fully saturated rings. The molecule has 46 valence electrons. The summed E-state index contributed by atoms with van der Waals surface area (Å²) >= 11 is 0. The first-order valence-corrected chi connectivity index (χ1v) is 1.65. The average molecular weight is 120 g/mol. The first kappa shape index (κ1) is 6.74. The van der Waals surface area contributed by atoms with Gasteiger partial charge < -0.3 is 14.6 Å². The van der Waals surface area contributed by atoms with Crippen LogP contribution in [0.4, 0.5) is 9.59 Å². The fraction of sp³-hybridized carbons (Fsp3) is 0.333. The Kier molecular flexibility index (Phi) is 2.39. The fourth-order valence-electron chi connectivity index (χ4n) is 0.113. The van der Waals surface area contributed by atoms with Crippen LogP contribution < -0.4 is 0 Å². The molecule has 8 heavy (non-hydrogen) atoms. The molecule has 0 unspecified atom stereocenters. The molecule has 0 aromatic carbocycles. The Hall–Kier alpha value is -1.26. The maximum absolute atomic E-state index is 9.80. The maximum atomic E-state index is 9.80. The van der Waals surface area contributed by atoms with Crippen molar-refractivity contribution in [3.8, 4) is 0 Å². The molecule has 1 N–H and O–H groups in total. The summed E-state index contributed by atoms with van der Waals surface area (Å²) in [6, 6.07) is 0. The summed E-state index contributed by atoms with van der Waals surface area (Å²) in [4.78, 5) is 19.2. The molecule has 0 aromatic heterocycles. The molecule has 0 aliphatic heterocycles. The van der Waals surface area contributed by atoms with Crippen LogP contribution in [-0.2, 0) is 9.47 Å². The zero-order chi connectivity index (χ0) is 6.57. The number of rotatable bonds is 0. The van der Waals surface area contributed by atoms with Gasteiger partial charge in [0.15, 0.2) is 0 Å². The standard InChI is InChI=1S/C3H4O5/c1-7-3(6)8-2(4)5/h1H3,(H,4,5). The van der Waals surface area contributed by atoms with Gasteiger partial charge in [0.2, 0.25) is 0 Å². The topological polar surface area (TPSA) is 72.8 Å². The van der Waals surface area contributed by atoms with E-state index < -0.39 is 12.3 Å². The lowest BCUT2D eigenvalue weighted by molar-refractivity contribution is 0.0675. The summed E-state index contributed by atoms with van der Waals surface area (Å²) in [7, 11) is 1.02. The molecule has 5 nitrogen and oxygen atoms in total. The van der Waals surface area contributed by atoms with Crippen molar-refractivity contribution in [2.24, 2.45) is 0 Å². The van der Waals surface area contributed by atoms with Gasteiger partial charge in [0.1, 0.15) is 0 Å². The molecule has 0 saturated heterocycles. The summed E-state index contributed by atoms with van der Waals surface area (Å²) in [5, 5.41) is 7.69. The van der Waals surface area contributed by atoms with Crippen LogP contribution in [0.5, 0.6) is 0 Å². The van der Waals surface area contributed by atoms with Gasteiger partial charge in [-0.1, -0.05) is 0 Å². The molecule has 0 aromatic rings. The van der Waals surface area contributed by atoms with Crippen LogP contribution in [-0.4, -0.2) is 24.5 Å². The van der Waals surface area contributed by atoms with E-state index in [1.807, 2.05) is 0 Å². The quantitative estimate of drug-likeness (QED) is 0.371. The lowest BCUT2D eigenvalue weighted by Crippen LogP contribution is -2.08. The summed E-state index contributed by atoms with van der Waals surface area (Å²) in [6.07, 6.45) is -2.89. The lowest BCUT2D eigenvalue weighted by Gasteiger charge is -1.91. The van der Waals surface area contributed by atoms with E-state index in [9.17, 15) is 9.59 Å². The van der Waals surface area contributed by atoms with E-state index in [1.165, 1.54) is 0 Å². The average Bonchev–Trinajstić information content (AvgIpc) is 1.65. The Balaban J connectivity index is 3.40. The van der Waals surface area contributed by atoms with Crippen molar-refractivity contribution >= 4 is 12.3 Å². The molecule has 0 bridgehead atoms. The molecule has 0 aliphatic carbocycles. The minimum atomic E-state index is -1.67. The predicted molar refractivity (Wildman–Crippen MR) is 21.5 cm³/mol. The third kappa shape index (κ3) is 2.95. The first-order valence-electron chi connectivity index (χ1n) is 1.65. The van der Waals surface area contributed by atoms with Crippen molar-refractivity contribution < 1.29 is 24.2 Å². The SMILES string of the molecule is COC(=O)OC(=O)O. The number of ether oxygens (including phenoxy) is 2. The van der Waals surface area contributed by atoms with Crippen molar-refractivity contribution in [3.05, 3.63) is 0 Å². The lowest BCUT2D eigenvalue weighted by atomic mass is 11.2. The van der Waals surface area contributed by atoms with Gasteiger partial charge in [-0.3, -0.25) is 0 Å². The molecule has 0 aliphatic rings. The highest BCUT2D eigenvalue weighted by atomic mass is 16.8. The predicted octanol–water partition coefficient (Wildman–Crippen LogP) is 0.447. The smallest absolute Gasteiger partial charge is 0.449 e. The van der Waals surface area contributed by atoms with Crippen LogP contribution in [0.25, 0.3) is 0 Å². The number of methoxy groups -OCH3 is 1. The number of carboxylic acid groups (broad SMARTS) is 1. The van der Waals surface area contributed by atoms with Gasteiger partial charge in [-0.25, -0.2) is 9.59 Å². The third-order valence-electron chi connectivity index (χ3n) is 0.337. The molecule has 5 heteroatoms. The molecule has 0 spiro atoms. The van der Waals surface area contributed by atoms with E-state index in [2.05, 4.69) is 9.47 Å². The molecule has 0 amide bonds. The van der Waals surface area contributed by atoms with Crippen molar-refractivity contribution in [3.63, 3.8) is 0 Å². The normalized spacial score (nSPS) is 7.62. The Morgan fingerprint density at radius 2 is 2.00 bits per heavy atom.